The van der Waals surface area contributed by atoms with E-state index in [-0.39, 0.29) is 17.7 Å². The van der Waals surface area contributed by atoms with E-state index in [1.807, 2.05) is 18.2 Å². The van der Waals surface area contributed by atoms with Crippen LogP contribution in [0.2, 0.25) is 0 Å². The van der Waals surface area contributed by atoms with E-state index in [9.17, 15) is 9.59 Å². The van der Waals surface area contributed by atoms with Gasteiger partial charge in [0.25, 0.3) is 0 Å². The number of methoxy groups -OCH3 is 1. The highest BCUT2D eigenvalue weighted by Gasteiger charge is 2.46. The van der Waals surface area contributed by atoms with E-state index >= 15 is 0 Å². The number of Topliss-reactive ketones (excluding diaryl/α,β-unsaturated/α-hetero) is 1. The molecule has 1 aliphatic carbocycles. The fraction of sp³-hybridized carbons (Fsp3) is 0.353. The second-order valence-electron chi connectivity index (χ2n) is 5.62. The molecule has 0 spiro atoms. The van der Waals surface area contributed by atoms with E-state index < -0.39 is 5.92 Å². The van der Waals surface area contributed by atoms with Crippen LogP contribution in [0.5, 0.6) is 0 Å². The predicted molar refractivity (Wildman–Crippen MR) is 79.4 cm³/mol. The molecule has 0 bridgehead atoms. The van der Waals surface area contributed by atoms with Gasteiger partial charge in [0, 0.05) is 35.5 Å². The summed E-state index contributed by atoms with van der Waals surface area (Å²) < 4.78 is 4.94. The minimum atomic E-state index is -0.607. The molecule has 0 fully saturated rings. The lowest BCUT2D eigenvalue weighted by Crippen LogP contribution is -2.42. The quantitative estimate of drug-likeness (QED) is 0.840. The number of ether oxygens (including phenoxy) is 1. The smallest absolute Gasteiger partial charge is 0.315 e. The molecule has 2 unspecified atom stereocenters. The monoisotopic (exact) mass is 299 g/mol. The molecule has 1 aromatic rings. The van der Waals surface area contributed by atoms with Gasteiger partial charge in [0.15, 0.2) is 17.7 Å². The Balaban J connectivity index is 2.16. The molecule has 3 rings (SSSR count). The summed E-state index contributed by atoms with van der Waals surface area (Å²) in [6.45, 7) is 3.99. The molecule has 2 atom stereocenters. The topological polar surface area (TPSA) is 69.5 Å². The summed E-state index contributed by atoms with van der Waals surface area (Å²) in [7, 11) is 1.36. The van der Waals surface area contributed by atoms with Crippen LogP contribution in [0.25, 0.3) is 0 Å². The Morgan fingerprint density at radius 2 is 2.23 bits per heavy atom. The van der Waals surface area contributed by atoms with Crippen molar-refractivity contribution in [1.29, 1.82) is 0 Å². The van der Waals surface area contributed by atoms with E-state index in [2.05, 4.69) is 16.9 Å². The molecule has 0 saturated carbocycles. The first kappa shape index (κ1) is 14.5. The summed E-state index contributed by atoms with van der Waals surface area (Å²) in [6, 6.07) is 5.65. The Kier molecular flexibility index (Phi) is 3.79. The zero-order chi connectivity index (χ0) is 15.7. The molecule has 5 heteroatoms. The van der Waals surface area contributed by atoms with Crippen LogP contribution in [0.4, 0.5) is 0 Å². The SMILES string of the molecule is C=C1NC2=C(C(=O)CCC2)C(c2cccc[nH+]2)C1C(=O)OC. The Morgan fingerprint density at radius 3 is 2.91 bits per heavy atom. The van der Waals surface area contributed by atoms with Gasteiger partial charge in [-0.05, 0) is 12.8 Å². The van der Waals surface area contributed by atoms with E-state index in [1.54, 1.807) is 6.20 Å². The molecular weight excluding hydrogens is 280 g/mol. The van der Waals surface area contributed by atoms with Gasteiger partial charge in [0.2, 0.25) is 0 Å². The molecule has 114 valence electrons. The molecule has 0 aromatic carbocycles. The van der Waals surface area contributed by atoms with Crippen molar-refractivity contribution in [2.45, 2.75) is 25.2 Å². The van der Waals surface area contributed by atoms with E-state index in [0.29, 0.717) is 17.7 Å². The van der Waals surface area contributed by atoms with Gasteiger partial charge in [0.05, 0.1) is 13.0 Å². The average Bonchev–Trinajstić information content (AvgIpc) is 2.54. The number of ketones is 1. The highest BCUT2D eigenvalue weighted by Crippen LogP contribution is 2.42. The van der Waals surface area contributed by atoms with Crippen LogP contribution in [-0.4, -0.2) is 18.9 Å². The van der Waals surface area contributed by atoms with E-state index in [1.165, 1.54) is 7.11 Å². The van der Waals surface area contributed by atoms with Crippen LogP contribution in [-0.2, 0) is 14.3 Å². The van der Waals surface area contributed by atoms with Crippen LogP contribution in [0, 0.1) is 5.92 Å². The third kappa shape index (κ3) is 2.32. The number of carbonyl (C=O) groups is 2. The molecule has 1 aliphatic heterocycles. The van der Waals surface area contributed by atoms with Gasteiger partial charge in [-0.25, -0.2) is 4.98 Å². The number of aromatic nitrogens is 1. The maximum Gasteiger partial charge on any atom is 0.315 e. The Bertz CT molecular complexity index is 664. The summed E-state index contributed by atoms with van der Waals surface area (Å²) in [5.41, 5.74) is 2.99. The number of hydrogen-bond donors (Lipinski definition) is 1. The molecule has 0 saturated heterocycles. The summed E-state index contributed by atoms with van der Waals surface area (Å²) in [5, 5.41) is 3.16. The third-order valence-electron chi connectivity index (χ3n) is 4.31. The van der Waals surface area contributed by atoms with Crippen molar-refractivity contribution < 1.29 is 19.3 Å². The second kappa shape index (κ2) is 5.75. The molecule has 22 heavy (non-hydrogen) atoms. The maximum absolute atomic E-state index is 12.5. The lowest BCUT2D eigenvalue weighted by molar-refractivity contribution is -0.392. The van der Waals surface area contributed by atoms with Crippen molar-refractivity contribution in [2.75, 3.05) is 7.11 Å². The van der Waals surface area contributed by atoms with Crippen LogP contribution in [0.3, 0.4) is 0 Å². The molecule has 5 nitrogen and oxygen atoms in total. The first-order valence-corrected chi connectivity index (χ1v) is 7.40. The predicted octanol–water partition coefficient (Wildman–Crippen LogP) is 1.50. The van der Waals surface area contributed by atoms with Gasteiger partial charge in [-0.15, -0.1) is 0 Å². The van der Waals surface area contributed by atoms with E-state index in [0.717, 1.165) is 24.2 Å². The van der Waals surface area contributed by atoms with Crippen molar-refractivity contribution >= 4 is 11.8 Å². The minimum Gasteiger partial charge on any atom is -0.468 e. The van der Waals surface area contributed by atoms with Crippen molar-refractivity contribution in [3.05, 3.63) is 53.6 Å². The van der Waals surface area contributed by atoms with Crippen molar-refractivity contribution in [1.82, 2.24) is 5.32 Å². The number of pyridine rings is 1. The van der Waals surface area contributed by atoms with Crippen LogP contribution >= 0.6 is 0 Å². The standard InChI is InChI=1S/C17H18N2O3/c1-10-14(17(21)22-2)16(11-6-3-4-9-18-11)15-12(19-10)7-5-8-13(15)20/h3-4,6,9,14,16,19H,1,5,7-8H2,2H3/p+1. The fourth-order valence-corrected chi connectivity index (χ4v) is 3.33. The number of hydrogen-bond acceptors (Lipinski definition) is 4. The molecule has 0 radical (unpaired) electrons. The highest BCUT2D eigenvalue weighted by atomic mass is 16.5. The maximum atomic E-state index is 12.5. The number of esters is 1. The normalized spacial score (nSPS) is 24.6. The number of H-pyrrole nitrogens is 1. The minimum absolute atomic E-state index is 0.0948. The lowest BCUT2D eigenvalue weighted by atomic mass is 9.73. The van der Waals surface area contributed by atoms with Crippen LogP contribution in [0.15, 0.2) is 47.9 Å². The van der Waals surface area contributed by atoms with Gasteiger partial charge in [-0.2, -0.15) is 0 Å². The molecule has 1 aromatic heterocycles. The second-order valence-corrected chi connectivity index (χ2v) is 5.62. The third-order valence-corrected chi connectivity index (χ3v) is 4.31. The first-order valence-electron chi connectivity index (χ1n) is 7.40. The van der Waals surface area contributed by atoms with Crippen LogP contribution in [0.1, 0.15) is 30.9 Å². The number of allylic oxidation sites excluding steroid dienone is 2. The van der Waals surface area contributed by atoms with Gasteiger partial charge in [-0.3, -0.25) is 9.59 Å². The Morgan fingerprint density at radius 1 is 1.41 bits per heavy atom. The van der Waals surface area contributed by atoms with Gasteiger partial charge in [0.1, 0.15) is 5.92 Å². The fourth-order valence-electron chi connectivity index (χ4n) is 3.33. The molecule has 2 heterocycles. The van der Waals surface area contributed by atoms with Gasteiger partial charge < -0.3 is 10.1 Å². The largest absolute Gasteiger partial charge is 0.468 e. The van der Waals surface area contributed by atoms with Crippen molar-refractivity contribution in [2.24, 2.45) is 5.92 Å². The number of rotatable bonds is 2. The first-order chi connectivity index (χ1) is 10.6. The molecular formula is C17H19N2O3+. The number of carbonyl (C=O) groups excluding carboxylic acids is 2. The molecule has 0 amide bonds. The lowest BCUT2D eigenvalue weighted by Gasteiger charge is -2.35. The summed E-state index contributed by atoms with van der Waals surface area (Å²) in [5.74, 6) is -1.27. The summed E-state index contributed by atoms with van der Waals surface area (Å²) in [4.78, 5) is 27.9. The molecule has 2 aliphatic rings. The highest BCUT2D eigenvalue weighted by molar-refractivity contribution is 6.00. The van der Waals surface area contributed by atoms with Crippen molar-refractivity contribution in [3.63, 3.8) is 0 Å². The zero-order valence-electron chi connectivity index (χ0n) is 12.5. The average molecular weight is 299 g/mol. The van der Waals surface area contributed by atoms with Crippen molar-refractivity contribution in [3.8, 4) is 0 Å². The zero-order valence-corrected chi connectivity index (χ0v) is 12.5. The number of aromatic amines is 1. The summed E-state index contributed by atoms with van der Waals surface area (Å²) in [6.07, 6.45) is 3.94. The molecule has 2 N–H and O–H groups in total. The Labute approximate surface area is 129 Å². The van der Waals surface area contributed by atoms with Gasteiger partial charge in [-0.1, -0.05) is 12.6 Å². The van der Waals surface area contributed by atoms with Gasteiger partial charge >= 0.3 is 5.97 Å². The van der Waals surface area contributed by atoms with E-state index in [4.69, 9.17) is 4.74 Å². The summed E-state index contributed by atoms with van der Waals surface area (Å²) >= 11 is 0. The van der Waals surface area contributed by atoms with Crippen LogP contribution < -0.4 is 10.3 Å². The Hall–Kier alpha value is -2.43. The number of nitrogens with one attached hydrogen (secondary N) is 2.